The summed E-state index contributed by atoms with van der Waals surface area (Å²) in [5.74, 6) is 0. The molecule has 0 N–H and O–H groups in total. The summed E-state index contributed by atoms with van der Waals surface area (Å²) in [7, 11) is 2.05. The Hall–Kier alpha value is -2.09. The van der Waals surface area contributed by atoms with Crippen LogP contribution in [-0.4, -0.2) is 12.1 Å². The predicted octanol–water partition coefficient (Wildman–Crippen LogP) is 6.15. The zero-order valence-corrected chi connectivity index (χ0v) is 17.4. The summed E-state index contributed by atoms with van der Waals surface area (Å²) >= 11 is 0. The molecule has 28 heavy (non-hydrogen) atoms. The van der Waals surface area contributed by atoms with Gasteiger partial charge in [0.2, 0.25) is 0 Å². The molecule has 2 fully saturated rings. The van der Waals surface area contributed by atoms with Crippen LogP contribution in [0.15, 0.2) is 48.8 Å². The third-order valence-electron chi connectivity index (χ3n) is 6.60. The minimum atomic E-state index is 0.753. The van der Waals surface area contributed by atoms with Crippen LogP contribution >= 0.6 is 0 Å². The molecule has 0 unspecified atom stereocenters. The minimum absolute atomic E-state index is 0.753. The largest absolute Gasteiger partial charge is 0.366 e. The second-order valence-electron chi connectivity index (χ2n) is 8.71. The van der Waals surface area contributed by atoms with Gasteiger partial charge < -0.3 is 4.90 Å². The molecule has 2 aliphatic carbocycles. The van der Waals surface area contributed by atoms with Crippen molar-refractivity contribution in [1.29, 1.82) is 0 Å². The molecule has 2 nitrogen and oxygen atoms in total. The number of pyridine rings is 1. The third-order valence-corrected chi connectivity index (χ3v) is 6.60. The Balaban J connectivity index is 1.50. The molecule has 148 valence electrons. The first kappa shape index (κ1) is 19.2. The van der Waals surface area contributed by atoms with E-state index in [0.717, 1.165) is 12.1 Å². The highest BCUT2D eigenvalue weighted by molar-refractivity contribution is 5.70. The fourth-order valence-electron chi connectivity index (χ4n) is 5.01. The van der Waals surface area contributed by atoms with Gasteiger partial charge in [0.05, 0.1) is 0 Å². The number of hydrogen-bond donors (Lipinski definition) is 0. The van der Waals surface area contributed by atoms with Crippen LogP contribution in [0.3, 0.4) is 0 Å². The van der Waals surface area contributed by atoms with Crippen LogP contribution in [-0.2, 0) is 7.05 Å². The molecule has 0 spiro atoms. The van der Waals surface area contributed by atoms with Gasteiger partial charge in [-0.05, 0) is 48.9 Å². The van der Waals surface area contributed by atoms with Gasteiger partial charge in [-0.1, -0.05) is 62.8 Å². The van der Waals surface area contributed by atoms with E-state index in [0.29, 0.717) is 0 Å². The van der Waals surface area contributed by atoms with Crippen molar-refractivity contribution in [2.75, 3.05) is 4.90 Å². The number of benzene rings is 1. The average Bonchev–Trinajstić information content (AvgIpc) is 2.76. The smallest absolute Gasteiger partial charge is 0.169 e. The van der Waals surface area contributed by atoms with E-state index in [-0.39, 0.29) is 0 Å². The summed E-state index contributed by atoms with van der Waals surface area (Å²) in [6, 6.07) is 15.1. The number of aromatic nitrogens is 1. The van der Waals surface area contributed by atoms with Gasteiger partial charge in [0, 0.05) is 29.9 Å². The number of anilines is 1. The maximum atomic E-state index is 2.82. The van der Waals surface area contributed by atoms with Crippen LogP contribution in [0.4, 0.5) is 5.69 Å². The molecule has 0 aliphatic heterocycles. The Morgan fingerprint density at radius 1 is 0.679 bits per heavy atom. The number of rotatable bonds is 5. The molecule has 1 heterocycles. The van der Waals surface area contributed by atoms with Crippen molar-refractivity contribution in [3.8, 4) is 0 Å². The molecule has 0 bridgehead atoms. The molecule has 0 saturated heterocycles. The molecule has 2 aliphatic rings. The highest BCUT2D eigenvalue weighted by Gasteiger charge is 2.28. The second kappa shape index (κ2) is 9.41. The van der Waals surface area contributed by atoms with E-state index >= 15 is 0 Å². The van der Waals surface area contributed by atoms with Gasteiger partial charge >= 0.3 is 0 Å². The van der Waals surface area contributed by atoms with Crippen molar-refractivity contribution in [2.45, 2.75) is 76.3 Å². The average molecular weight is 376 g/mol. The summed E-state index contributed by atoms with van der Waals surface area (Å²) in [5, 5.41) is 0. The van der Waals surface area contributed by atoms with Crippen LogP contribution < -0.4 is 9.47 Å². The maximum Gasteiger partial charge on any atom is 0.169 e. The number of aryl methyl sites for hydroxylation is 1. The Morgan fingerprint density at radius 3 is 1.64 bits per heavy atom. The van der Waals surface area contributed by atoms with Crippen molar-refractivity contribution in [3.05, 3.63) is 59.9 Å². The van der Waals surface area contributed by atoms with E-state index in [4.69, 9.17) is 0 Å². The number of nitrogens with zero attached hydrogens (tertiary/aromatic N) is 2. The van der Waals surface area contributed by atoms with Gasteiger partial charge in [-0.2, -0.15) is 0 Å². The molecule has 1 aromatic heterocycles. The SMILES string of the molecule is C[n+]1ccc(/C=C/c2ccc(N(C3CCCCC3)C3CCCCC3)cc2)cc1. The quantitative estimate of drug-likeness (QED) is 0.568. The summed E-state index contributed by atoms with van der Waals surface area (Å²) in [5.41, 5.74) is 3.97. The van der Waals surface area contributed by atoms with Crippen molar-refractivity contribution < 1.29 is 4.57 Å². The first-order valence-electron chi connectivity index (χ1n) is 11.3. The van der Waals surface area contributed by atoms with Gasteiger partial charge in [0.25, 0.3) is 0 Å². The maximum absolute atomic E-state index is 2.82. The second-order valence-corrected chi connectivity index (χ2v) is 8.71. The molecule has 0 radical (unpaired) electrons. The van der Waals surface area contributed by atoms with Gasteiger partial charge in [-0.3, -0.25) is 0 Å². The van der Waals surface area contributed by atoms with E-state index in [1.54, 1.807) is 0 Å². The Kier molecular flexibility index (Phi) is 6.46. The Bertz CT molecular complexity index is 730. The predicted molar refractivity (Wildman–Crippen MR) is 119 cm³/mol. The molecule has 0 amide bonds. The summed E-state index contributed by atoms with van der Waals surface area (Å²) < 4.78 is 2.07. The van der Waals surface area contributed by atoms with E-state index < -0.39 is 0 Å². The molecular formula is C26H35N2+. The van der Waals surface area contributed by atoms with Crippen LogP contribution in [0, 0.1) is 0 Å². The first-order chi connectivity index (χ1) is 13.8. The first-order valence-corrected chi connectivity index (χ1v) is 11.3. The van der Waals surface area contributed by atoms with Crippen LogP contribution in [0.25, 0.3) is 12.2 Å². The van der Waals surface area contributed by atoms with Crippen molar-refractivity contribution in [2.24, 2.45) is 7.05 Å². The lowest BCUT2D eigenvalue weighted by Gasteiger charge is -2.43. The van der Waals surface area contributed by atoms with Gasteiger partial charge in [-0.25, -0.2) is 4.57 Å². The van der Waals surface area contributed by atoms with Gasteiger partial charge in [0.15, 0.2) is 12.4 Å². The highest BCUT2D eigenvalue weighted by atomic mass is 15.2. The Labute approximate surface area is 170 Å². The zero-order chi connectivity index (χ0) is 19.2. The zero-order valence-electron chi connectivity index (χ0n) is 17.4. The molecular weight excluding hydrogens is 340 g/mol. The normalized spacial score (nSPS) is 19.2. The van der Waals surface area contributed by atoms with E-state index in [2.05, 4.69) is 77.5 Å². The highest BCUT2D eigenvalue weighted by Crippen LogP contribution is 2.34. The monoisotopic (exact) mass is 375 g/mol. The van der Waals surface area contributed by atoms with Crippen LogP contribution in [0.5, 0.6) is 0 Å². The molecule has 2 saturated carbocycles. The lowest BCUT2D eigenvalue weighted by atomic mass is 9.88. The third kappa shape index (κ3) is 4.84. The van der Waals surface area contributed by atoms with Crippen molar-refractivity contribution in [1.82, 2.24) is 0 Å². The fourth-order valence-corrected chi connectivity index (χ4v) is 5.01. The van der Waals surface area contributed by atoms with Gasteiger partial charge in [-0.15, -0.1) is 0 Å². The lowest BCUT2D eigenvalue weighted by molar-refractivity contribution is -0.671. The molecule has 2 aromatic rings. The molecule has 1 aromatic carbocycles. The molecule has 4 rings (SSSR count). The standard InChI is InChI=1S/C26H35N2/c1-27-20-18-23(19-21-27)13-12-22-14-16-26(17-15-22)28(24-8-4-2-5-9-24)25-10-6-3-7-11-25/h12-21,24-25H,2-11H2,1H3/q+1. The lowest BCUT2D eigenvalue weighted by Crippen LogP contribution is -2.45. The number of hydrogen-bond acceptors (Lipinski definition) is 1. The van der Waals surface area contributed by atoms with Crippen molar-refractivity contribution in [3.63, 3.8) is 0 Å². The Morgan fingerprint density at radius 2 is 1.14 bits per heavy atom. The van der Waals surface area contributed by atoms with Crippen molar-refractivity contribution >= 4 is 17.8 Å². The van der Waals surface area contributed by atoms with E-state index in [9.17, 15) is 0 Å². The minimum Gasteiger partial charge on any atom is -0.366 e. The molecule has 0 atom stereocenters. The van der Waals surface area contributed by atoms with Gasteiger partial charge in [0.1, 0.15) is 7.05 Å². The summed E-state index contributed by atoms with van der Waals surface area (Å²) in [6.45, 7) is 0. The van der Waals surface area contributed by atoms with E-state index in [1.807, 2.05) is 0 Å². The van der Waals surface area contributed by atoms with Crippen LogP contribution in [0.2, 0.25) is 0 Å². The summed E-state index contributed by atoms with van der Waals surface area (Å²) in [6.07, 6.45) is 22.6. The molecule has 2 heteroatoms. The van der Waals surface area contributed by atoms with Crippen LogP contribution in [0.1, 0.15) is 75.3 Å². The summed E-state index contributed by atoms with van der Waals surface area (Å²) in [4.78, 5) is 2.82. The van der Waals surface area contributed by atoms with E-state index in [1.165, 1.54) is 81.0 Å². The topological polar surface area (TPSA) is 7.12 Å². The fraction of sp³-hybridized carbons (Fsp3) is 0.500.